The summed E-state index contributed by atoms with van der Waals surface area (Å²) in [4.78, 5) is 32.0. The average Bonchev–Trinajstić information content (AvgIpc) is 2.53. The first kappa shape index (κ1) is 16.9. The highest BCUT2D eigenvalue weighted by Crippen LogP contribution is 2.13. The lowest BCUT2D eigenvalue weighted by molar-refractivity contribution is -0.122. The molecule has 0 radical (unpaired) electrons. The molecule has 7 heteroatoms. The van der Waals surface area contributed by atoms with Crippen LogP contribution in [0.2, 0.25) is 0 Å². The topological polar surface area (TPSA) is 65.5 Å². The van der Waals surface area contributed by atoms with E-state index in [2.05, 4.69) is 31.1 Å². The molecule has 2 heterocycles. The predicted octanol–water partition coefficient (Wildman–Crippen LogP) is 1.13. The van der Waals surface area contributed by atoms with E-state index in [0.717, 1.165) is 10.9 Å². The lowest BCUT2D eigenvalue weighted by Crippen LogP contribution is -2.51. The molecule has 1 saturated heterocycles. The van der Waals surface area contributed by atoms with Crippen LogP contribution in [-0.2, 0) is 4.79 Å². The Hall–Kier alpha value is -1.47. The van der Waals surface area contributed by atoms with E-state index in [0.29, 0.717) is 44.8 Å². The van der Waals surface area contributed by atoms with Crippen LogP contribution in [0.1, 0.15) is 23.7 Å². The highest BCUT2D eigenvalue weighted by molar-refractivity contribution is 9.10. The molecule has 1 aliphatic rings. The highest BCUT2D eigenvalue weighted by Gasteiger charge is 2.23. The standard InChI is InChI=1S/C15H21BrN4O2/c1-2-3-18-14(21)11-19-4-6-20(7-5-19)15(22)12-8-13(16)10-17-9-12/h8-10H,2-7,11H2,1H3,(H,18,21). The first-order chi connectivity index (χ1) is 10.6. The SMILES string of the molecule is CCCNC(=O)CN1CCN(C(=O)c2cncc(Br)c2)CC1. The van der Waals surface area contributed by atoms with Crippen molar-refractivity contribution in [1.29, 1.82) is 0 Å². The molecule has 22 heavy (non-hydrogen) atoms. The van der Waals surface area contributed by atoms with E-state index in [1.54, 1.807) is 18.5 Å². The van der Waals surface area contributed by atoms with Gasteiger partial charge in [-0.1, -0.05) is 6.92 Å². The van der Waals surface area contributed by atoms with Gasteiger partial charge >= 0.3 is 0 Å². The Morgan fingerprint density at radius 2 is 2.00 bits per heavy atom. The van der Waals surface area contributed by atoms with Crippen LogP contribution >= 0.6 is 15.9 Å². The van der Waals surface area contributed by atoms with E-state index < -0.39 is 0 Å². The Labute approximate surface area is 139 Å². The van der Waals surface area contributed by atoms with Crippen molar-refractivity contribution in [3.05, 3.63) is 28.5 Å². The Bertz CT molecular complexity index is 530. The Kier molecular flexibility index (Phi) is 6.33. The molecule has 1 N–H and O–H groups in total. The van der Waals surface area contributed by atoms with Gasteiger partial charge in [-0.15, -0.1) is 0 Å². The van der Waals surface area contributed by atoms with Crippen LogP contribution in [-0.4, -0.2) is 65.9 Å². The maximum Gasteiger partial charge on any atom is 0.255 e. The number of carbonyl (C=O) groups is 2. The van der Waals surface area contributed by atoms with Crippen molar-refractivity contribution >= 4 is 27.7 Å². The normalized spacial score (nSPS) is 15.6. The van der Waals surface area contributed by atoms with Gasteiger partial charge in [0, 0.05) is 49.6 Å². The summed E-state index contributed by atoms with van der Waals surface area (Å²) in [6.07, 6.45) is 4.18. The van der Waals surface area contributed by atoms with Crippen molar-refractivity contribution in [2.45, 2.75) is 13.3 Å². The summed E-state index contributed by atoms with van der Waals surface area (Å²) in [5.74, 6) is 0.0432. The number of pyridine rings is 1. The van der Waals surface area contributed by atoms with Gasteiger partial charge in [0.25, 0.3) is 5.91 Å². The minimum absolute atomic E-state index is 0.0103. The fourth-order valence-corrected chi connectivity index (χ4v) is 2.71. The lowest BCUT2D eigenvalue weighted by Gasteiger charge is -2.34. The zero-order valence-electron chi connectivity index (χ0n) is 12.7. The molecule has 1 aromatic heterocycles. The molecule has 1 aromatic rings. The third-order valence-electron chi connectivity index (χ3n) is 3.55. The second-order valence-corrected chi connectivity index (χ2v) is 6.23. The number of amides is 2. The molecular weight excluding hydrogens is 348 g/mol. The summed E-state index contributed by atoms with van der Waals surface area (Å²) >= 11 is 3.33. The number of halogens is 1. The van der Waals surface area contributed by atoms with Gasteiger partial charge in [0.15, 0.2) is 0 Å². The number of nitrogens with one attached hydrogen (secondary N) is 1. The molecule has 0 spiro atoms. The van der Waals surface area contributed by atoms with Gasteiger partial charge in [-0.2, -0.15) is 0 Å². The van der Waals surface area contributed by atoms with Crippen LogP contribution in [0, 0.1) is 0 Å². The molecule has 6 nitrogen and oxygen atoms in total. The molecule has 1 aliphatic heterocycles. The van der Waals surface area contributed by atoms with E-state index in [4.69, 9.17) is 0 Å². The molecule has 2 amide bonds. The van der Waals surface area contributed by atoms with Crippen LogP contribution in [0.5, 0.6) is 0 Å². The van der Waals surface area contributed by atoms with E-state index >= 15 is 0 Å². The van der Waals surface area contributed by atoms with Gasteiger partial charge in [0.1, 0.15) is 0 Å². The van der Waals surface area contributed by atoms with Crippen molar-refractivity contribution in [2.75, 3.05) is 39.3 Å². The first-order valence-corrected chi connectivity index (χ1v) is 8.28. The fraction of sp³-hybridized carbons (Fsp3) is 0.533. The molecule has 0 aliphatic carbocycles. The zero-order chi connectivity index (χ0) is 15.9. The van der Waals surface area contributed by atoms with Gasteiger partial charge in [0.2, 0.25) is 5.91 Å². The van der Waals surface area contributed by atoms with Crippen molar-refractivity contribution in [1.82, 2.24) is 20.1 Å². The van der Waals surface area contributed by atoms with Gasteiger partial charge in [-0.25, -0.2) is 0 Å². The number of nitrogens with zero attached hydrogens (tertiary/aromatic N) is 3. The molecule has 0 atom stereocenters. The minimum Gasteiger partial charge on any atom is -0.355 e. The number of hydrogen-bond acceptors (Lipinski definition) is 4. The summed E-state index contributed by atoms with van der Waals surface area (Å²) < 4.78 is 0.796. The number of rotatable bonds is 5. The predicted molar refractivity (Wildman–Crippen MR) is 87.6 cm³/mol. The molecular formula is C15H21BrN4O2. The molecule has 2 rings (SSSR count). The number of hydrogen-bond donors (Lipinski definition) is 1. The highest BCUT2D eigenvalue weighted by atomic mass is 79.9. The van der Waals surface area contributed by atoms with Gasteiger partial charge in [0.05, 0.1) is 12.1 Å². The molecule has 120 valence electrons. The average molecular weight is 369 g/mol. The Morgan fingerprint density at radius 3 is 2.64 bits per heavy atom. The third kappa shape index (κ3) is 4.78. The minimum atomic E-state index is -0.0103. The second kappa shape index (κ2) is 8.24. The van der Waals surface area contributed by atoms with E-state index in [-0.39, 0.29) is 11.8 Å². The third-order valence-corrected chi connectivity index (χ3v) is 3.98. The molecule has 0 unspecified atom stereocenters. The van der Waals surface area contributed by atoms with Gasteiger partial charge in [-0.05, 0) is 28.4 Å². The quantitative estimate of drug-likeness (QED) is 0.845. The Morgan fingerprint density at radius 1 is 1.27 bits per heavy atom. The van der Waals surface area contributed by atoms with E-state index in [1.807, 2.05) is 11.8 Å². The molecule has 0 aromatic carbocycles. The molecule has 1 fully saturated rings. The monoisotopic (exact) mass is 368 g/mol. The largest absolute Gasteiger partial charge is 0.355 e. The summed E-state index contributed by atoms with van der Waals surface area (Å²) in [6, 6.07) is 1.78. The maximum atomic E-state index is 12.4. The fourth-order valence-electron chi connectivity index (χ4n) is 2.34. The van der Waals surface area contributed by atoms with Crippen molar-refractivity contribution in [2.24, 2.45) is 0 Å². The summed E-state index contributed by atoms with van der Waals surface area (Å²) in [6.45, 7) is 5.84. The zero-order valence-corrected chi connectivity index (χ0v) is 14.3. The van der Waals surface area contributed by atoms with Crippen LogP contribution in [0.25, 0.3) is 0 Å². The number of carbonyl (C=O) groups excluding carboxylic acids is 2. The van der Waals surface area contributed by atoms with Crippen LogP contribution in [0.15, 0.2) is 22.9 Å². The van der Waals surface area contributed by atoms with Crippen LogP contribution in [0.3, 0.4) is 0 Å². The first-order valence-electron chi connectivity index (χ1n) is 7.49. The van der Waals surface area contributed by atoms with Crippen LogP contribution in [0.4, 0.5) is 0 Å². The smallest absolute Gasteiger partial charge is 0.255 e. The summed E-state index contributed by atoms with van der Waals surface area (Å²) in [7, 11) is 0. The number of aromatic nitrogens is 1. The van der Waals surface area contributed by atoms with Crippen molar-refractivity contribution in [3.63, 3.8) is 0 Å². The van der Waals surface area contributed by atoms with Gasteiger partial charge < -0.3 is 10.2 Å². The van der Waals surface area contributed by atoms with Crippen molar-refractivity contribution in [3.8, 4) is 0 Å². The number of piperazine rings is 1. The molecule has 0 saturated carbocycles. The van der Waals surface area contributed by atoms with Gasteiger partial charge in [-0.3, -0.25) is 19.5 Å². The van der Waals surface area contributed by atoms with E-state index in [9.17, 15) is 9.59 Å². The maximum absolute atomic E-state index is 12.4. The molecule has 0 bridgehead atoms. The lowest BCUT2D eigenvalue weighted by atomic mass is 10.2. The Balaban J connectivity index is 1.82. The second-order valence-electron chi connectivity index (χ2n) is 5.31. The summed E-state index contributed by atoms with van der Waals surface area (Å²) in [5.41, 5.74) is 0.587. The van der Waals surface area contributed by atoms with Crippen LogP contribution < -0.4 is 5.32 Å². The van der Waals surface area contributed by atoms with Crippen molar-refractivity contribution < 1.29 is 9.59 Å². The summed E-state index contributed by atoms with van der Waals surface area (Å²) in [5, 5.41) is 2.87. The van der Waals surface area contributed by atoms with E-state index in [1.165, 1.54) is 0 Å².